The molecule has 0 radical (unpaired) electrons. The second-order valence-corrected chi connectivity index (χ2v) is 7.47. The molecule has 0 unspecified atom stereocenters. The summed E-state index contributed by atoms with van der Waals surface area (Å²) in [6, 6.07) is 3.62. The van der Waals surface area contributed by atoms with Gasteiger partial charge in [0.25, 0.3) is 0 Å². The van der Waals surface area contributed by atoms with E-state index in [0.717, 1.165) is 32.0 Å². The minimum Gasteiger partial charge on any atom is -0.317 e. The second kappa shape index (κ2) is 8.45. The molecule has 2 rings (SSSR count). The van der Waals surface area contributed by atoms with Crippen LogP contribution in [-0.4, -0.2) is 38.4 Å². The van der Waals surface area contributed by atoms with Gasteiger partial charge in [-0.15, -0.1) is 12.4 Å². The molecule has 126 valence electrons. The predicted molar refractivity (Wildman–Crippen MR) is 88.7 cm³/mol. The molecule has 0 aromatic heterocycles. The lowest BCUT2D eigenvalue weighted by molar-refractivity contribution is 0.261. The van der Waals surface area contributed by atoms with Gasteiger partial charge in [-0.1, -0.05) is 18.5 Å². The molecule has 22 heavy (non-hydrogen) atoms. The minimum atomic E-state index is -3.84. The summed E-state index contributed by atoms with van der Waals surface area (Å²) in [5.74, 6) is -0.794. The highest BCUT2D eigenvalue weighted by atomic mass is 35.5. The summed E-state index contributed by atoms with van der Waals surface area (Å²) in [6.45, 7) is 3.88. The summed E-state index contributed by atoms with van der Waals surface area (Å²) < 4.78 is 41.0. The van der Waals surface area contributed by atoms with E-state index in [4.69, 9.17) is 11.6 Å². The molecule has 1 heterocycles. The van der Waals surface area contributed by atoms with Crippen LogP contribution in [-0.2, 0) is 10.0 Å². The third-order valence-corrected chi connectivity index (χ3v) is 5.86. The fraction of sp³-hybridized carbons (Fsp3) is 0.571. The number of sulfonamides is 1. The van der Waals surface area contributed by atoms with Gasteiger partial charge in [0, 0.05) is 17.6 Å². The first-order valence-electron chi connectivity index (χ1n) is 7.14. The van der Waals surface area contributed by atoms with E-state index >= 15 is 0 Å². The van der Waals surface area contributed by atoms with E-state index in [0.29, 0.717) is 13.0 Å². The molecule has 0 saturated carbocycles. The molecule has 1 aromatic carbocycles. The Kier molecular flexibility index (Phi) is 7.55. The monoisotopic (exact) mass is 370 g/mol. The molecule has 0 spiro atoms. The van der Waals surface area contributed by atoms with E-state index < -0.39 is 15.8 Å². The number of hydrogen-bond donors (Lipinski definition) is 1. The predicted octanol–water partition coefficient (Wildman–Crippen LogP) is 3.05. The number of piperidine rings is 1. The van der Waals surface area contributed by atoms with Crippen molar-refractivity contribution in [2.75, 3.05) is 19.6 Å². The fourth-order valence-electron chi connectivity index (χ4n) is 2.62. The van der Waals surface area contributed by atoms with Crippen LogP contribution in [0.4, 0.5) is 4.39 Å². The van der Waals surface area contributed by atoms with Crippen LogP contribution in [0.5, 0.6) is 0 Å². The summed E-state index contributed by atoms with van der Waals surface area (Å²) >= 11 is 5.70. The van der Waals surface area contributed by atoms with Crippen molar-refractivity contribution in [3.05, 3.63) is 29.0 Å². The van der Waals surface area contributed by atoms with E-state index in [1.807, 2.05) is 6.92 Å². The molecule has 1 N–H and O–H groups in total. The first-order chi connectivity index (χ1) is 9.96. The highest BCUT2D eigenvalue weighted by Crippen LogP contribution is 2.26. The van der Waals surface area contributed by atoms with Gasteiger partial charge in [0.1, 0.15) is 10.7 Å². The van der Waals surface area contributed by atoms with E-state index in [1.54, 1.807) is 0 Å². The summed E-state index contributed by atoms with van der Waals surface area (Å²) in [6.07, 6.45) is 2.18. The van der Waals surface area contributed by atoms with Crippen LogP contribution in [0.3, 0.4) is 0 Å². The lowest BCUT2D eigenvalue weighted by Crippen LogP contribution is -2.46. The van der Waals surface area contributed by atoms with Gasteiger partial charge in [-0.05, 0) is 50.6 Å². The first-order valence-corrected chi connectivity index (χ1v) is 8.96. The van der Waals surface area contributed by atoms with Crippen molar-refractivity contribution >= 4 is 34.0 Å². The van der Waals surface area contributed by atoms with Crippen LogP contribution < -0.4 is 5.32 Å². The van der Waals surface area contributed by atoms with Crippen molar-refractivity contribution in [2.24, 2.45) is 0 Å². The number of nitrogens with zero attached hydrogens (tertiary/aromatic N) is 1. The van der Waals surface area contributed by atoms with Gasteiger partial charge >= 0.3 is 0 Å². The maximum Gasteiger partial charge on any atom is 0.246 e. The summed E-state index contributed by atoms with van der Waals surface area (Å²) in [4.78, 5) is -0.293. The number of halogens is 3. The normalized spacial score (nSPS) is 16.5. The quantitative estimate of drug-likeness (QED) is 0.866. The van der Waals surface area contributed by atoms with Crippen molar-refractivity contribution in [1.29, 1.82) is 0 Å². The number of nitrogens with one attached hydrogen (secondary N) is 1. The van der Waals surface area contributed by atoms with Crippen LogP contribution in [0.25, 0.3) is 0 Å². The molecule has 8 heteroatoms. The molecule has 1 aliphatic heterocycles. The van der Waals surface area contributed by atoms with Crippen molar-refractivity contribution in [1.82, 2.24) is 9.62 Å². The van der Waals surface area contributed by atoms with Crippen LogP contribution in [0.2, 0.25) is 5.02 Å². The van der Waals surface area contributed by atoms with Gasteiger partial charge in [0.05, 0.1) is 0 Å². The topological polar surface area (TPSA) is 49.4 Å². The van der Waals surface area contributed by atoms with Crippen LogP contribution in [0.1, 0.15) is 26.2 Å². The van der Waals surface area contributed by atoms with Crippen molar-refractivity contribution in [3.63, 3.8) is 0 Å². The molecule has 0 aliphatic carbocycles. The number of rotatable bonds is 5. The van der Waals surface area contributed by atoms with Crippen LogP contribution in [0.15, 0.2) is 23.1 Å². The number of benzene rings is 1. The Morgan fingerprint density at radius 1 is 1.36 bits per heavy atom. The van der Waals surface area contributed by atoms with Gasteiger partial charge < -0.3 is 5.32 Å². The summed E-state index contributed by atoms with van der Waals surface area (Å²) in [5.41, 5.74) is 0. The van der Waals surface area contributed by atoms with E-state index in [9.17, 15) is 12.8 Å². The largest absolute Gasteiger partial charge is 0.317 e. The van der Waals surface area contributed by atoms with Crippen molar-refractivity contribution in [2.45, 2.75) is 37.1 Å². The third-order valence-electron chi connectivity index (χ3n) is 3.64. The third kappa shape index (κ3) is 4.32. The zero-order chi connectivity index (χ0) is 15.5. The maximum absolute atomic E-state index is 14.0. The molecule has 1 aliphatic rings. The van der Waals surface area contributed by atoms with Gasteiger partial charge in [-0.2, -0.15) is 4.31 Å². The van der Waals surface area contributed by atoms with Crippen molar-refractivity contribution < 1.29 is 12.8 Å². The van der Waals surface area contributed by atoms with Gasteiger partial charge in [0.15, 0.2) is 0 Å². The Balaban J connectivity index is 0.00000242. The Labute approximate surface area is 142 Å². The molecule has 0 atom stereocenters. The summed E-state index contributed by atoms with van der Waals surface area (Å²) in [7, 11) is -3.84. The Morgan fingerprint density at radius 2 is 2.00 bits per heavy atom. The van der Waals surface area contributed by atoms with Crippen molar-refractivity contribution in [3.8, 4) is 0 Å². The molecule has 0 bridgehead atoms. The highest BCUT2D eigenvalue weighted by molar-refractivity contribution is 7.89. The maximum atomic E-state index is 14.0. The van der Waals surface area contributed by atoms with E-state index in [2.05, 4.69) is 5.32 Å². The van der Waals surface area contributed by atoms with E-state index in [1.165, 1.54) is 16.4 Å². The molecular weight excluding hydrogens is 350 g/mol. The van der Waals surface area contributed by atoms with Gasteiger partial charge in [0.2, 0.25) is 10.0 Å². The summed E-state index contributed by atoms with van der Waals surface area (Å²) in [5, 5.41) is 3.40. The minimum absolute atomic E-state index is 0. The Bertz CT molecular complexity index is 593. The standard InChI is InChI=1S/C14H20ClFN2O2S.ClH/c1-2-9-18(12-5-7-17-8-6-12)21(19,20)14-4-3-11(15)10-13(14)16;/h3-4,10,12,17H,2,5-9H2,1H3;1H. The lowest BCUT2D eigenvalue weighted by Gasteiger charge is -2.33. The smallest absolute Gasteiger partial charge is 0.246 e. The van der Waals surface area contributed by atoms with E-state index in [-0.39, 0.29) is 28.4 Å². The average Bonchev–Trinajstić information content (AvgIpc) is 2.45. The average molecular weight is 371 g/mol. The fourth-order valence-corrected chi connectivity index (χ4v) is 4.61. The number of hydrogen-bond acceptors (Lipinski definition) is 3. The van der Waals surface area contributed by atoms with Gasteiger partial charge in [-0.3, -0.25) is 0 Å². The molecule has 0 amide bonds. The first kappa shape index (κ1) is 19.6. The molecule has 1 fully saturated rings. The second-order valence-electron chi connectivity index (χ2n) is 5.17. The highest BCUT2D eigenvalue weighted by Gasteiger charge is 2.33. The van der Waals surface area contributed by atoms with Crippen LogP contribution >= 0.6 is 24.0 Å². The SMILES string of the molecule is CCCN(C1CCNCC1)S(=O)(=O)c1ccc(Cl)cc1F.Cl. The Hall–Kier alpha value is -0.400. The zero-order valence-corrected chi connectivity index (χ0v) is 14.8. The van der Waals surface area contributed by atoms with Crippen LogP contribution in [0, 0.1) is 5.82 Å². The molecule has 1 aromatic rings. The Morgan fingerprint density at radius 3 is 2.55 bits per heavy atom. The molecule has 1 saturated heterocycles. The van der Waals surface area contributed by atoms with Gasteiger partial charge in [-0.25, -0.2) is 12.8 Å². The molecular formula is C14H21Cl2FN2O2S. The lowest BCUT2D eigenvalue weighted by atomic mass is 10.1. The zero-order valence-electron chi connectivity index (χ0n) is 12.4. The molecule has 4 nitrogen and oxygen atoms in total.